The maximum absolute atomic E-state index is 10.9. The minimum Gasteiger partial charge on any atom is -0.394 e. The van der Waals surface area contributed by atoms with Gasteiger partial charge in [0.1, 0.15) is 17.8 Å². The fourth-order valence-electron chi connectivity index (χ4n) is 2.43. The van der Waals surface area contributed by atoms with Gasteiger partial charge < -0.3 is 20.1 Å². The molecule has 3 aromatic rings. The molecule has 130 valence electrons. The van der Waals surface area contributed by atoms with E-state index in [4.69, 9.17) is 9.84 Å². The number of aliphatic hydroxyl groups excluding tert-OH is 1. The monoisotopic (exact) mass is 343 g/mol. The lowest BCUT2D eigenvalue weighted by molar-refractivity contribution is -0.384. The highest BCUT2D eigenvalue weighted by atomic mass is 16.6. The number of nitro groups is 1. The third kappa shape index (κ3) is 3.90. The zero-order chi connectivity index (χ0) is 17.6. The van der Waals surface area contributed by atoms with Crippen LogP contribution in [0.4, 0.5) is 11.5 Å². The summed E-state index contributed by atoms with van der Waals surface area (Å²) < 4.78 is 5.20. The lowest BCUT2D eigenvalue weighted by atomic mass is 10.1. The molecule has 0 saturated carbocycles. The van der Waals surface area contributed by atoms with E-state index < -0.39 is 4.92 Å². The van der Waals surface area contributed by atoms with Gasteiger partial charge in [-0.05, 0) is 6.07 Å². The Morgan fingerprint density at radius 2 is 2.16 bits per heavy atom. The molecule has 0 amide bonds. The molecule has 0 aliphatic heterocycles. The molecule has 9 nitrogen and oxygen atoms in total. The summed E-state index contributed by atoms with van der Waals surface area (Å²) in [6.07, 6.45) is 1.44. The first-order valence-corrected chi connectivity index (χ1v) is 7.70. The molecule has 3 rings (SSSR count). The fourth-order valence-corrected chi connectivity index (χ4v) is 2.43. The average molecular weight is 343 g/mol. The summed E-state index contributed by atoms with van der Waals surface area (Å²) >= 11 is 0. The summed E-state index contributed by atoms with van der Waals surface area (Å²) in [6.45, 7) is 1.25. The van der Waals surface area contributed by atoms with Gasteiger partial charge in [-0.25, -0.2) is 9.97 Å². The first-order chi connectivity index (χ1) is 12.2. The van der Waals surface area contributed by atoms with Crippen LogP contribution in [0.5, 0.6) is 0 Å². The molecule has 0 spiro atoms. The first-order valence-electron chi connectivity index (χ1n) is 7.70. The number of hydrogen-bond acceptors (Lipinski definition) is 7. The standard InChI is InChI=1S/C16H17N5O4/c22-5-7-25-6-4-17-15-13-9-14(20-16(13)19-10-18-15)11-2-1-3-12(8-11)21(23)24/h1-3,8-10,22H,4-7H2,(H2,17,18,19,20). The quantitative estimate of drug-likeness (QED) is 0.324. The van der Waals surface area contributed by atoms with Gasteiger partial charge in [-0.1, -0.05) is 12.1 Å². The molecule has 0 aliphatic carbocycles. The number of non-ortho nitro benzene ring substituents is 1. The molecule has 0 bridgehead atoms. The zero-order valence-corrected chi connectivity index (χ0v) is 13.3. The van der Waals surface area contributed by atoms with Crippen LogP contribution in [0.1, 0.15) is 0 Å². The van der Waals surface area contributed by atoms with E-state index in [1.807, 2.05) is 6.07 Å². The largest absolute Gasteiger partial charge is 0.394 e. The van der Waals surface area contributed by atoms with Crippen molar-refractivity contribution in [3.63, 3.8) is 0 Å². The number of aromatic amines is 1. The van der Waals surface area contributed by atoms with E-state index in [1.165, 1.54) is 18.5 Å². The topological polar surface area (TPSA) is 126 Å². The zero-order valence-electron chi connectivity index (χ0n) is 13.3. The molecule has 0 unspecified atom stereocenters. The number of H-pyrrole nitrogens is 1. The Morgan fingerprint density at radius 1 is 1.28 bits per heavy atom. The van der Waals surface area contributed by atoms with Crippen molar-refractivity contribution in [3.05, 3.63) is 46.8 Å². The van der Waals surface area contributed by atoms with Crippen LogP contribution in [-0.4, -0.2) is 51.3 Å². The number of benzene rings is 1. The second kappa shape index (κ2) is 7.69. The number of nitrogens with one attached hydrogen (secondary N) is 2. The lowest BCUT2D eigenvalue weighted by Crippen LogP contribution is -2.12. The van der Waals surface area contributed by atoms with Gasteiger partial charge in [-0.15, -0.1) is 0 Å². The normalized spacial score (nSPS) is 10.9. The van der Waals surface area contributed by atoms with Gasteiger partial charge in [0.25, 0.3) is 5.69 Å². The van der Waals surface area contributed by atoms with Crippen LogP contribution in [0, 0.1) is 10.1 Å². The van der Waals surface area contributed by atoms with Gasteiger partial charge in [-0.3, -0.25) is 10.1 Å². The number of hydrogen-bond donors (Lipinski definition) is 3. The van der Waals surface area contributed by atoms with Gasteiger partial charge in [0.15, 0.2) is 0 Å². The van der Waals surface area contributed by atoms with Crippen LogP contribution < -0.4 is 5.32 Å². The van der Waals surface area contributed by atoms with E-state index >= 15 is 0 Å². The van der Waals surface area contributed by atoms with Crippen LogP contribution in [-0.2, 0) is 4.74 Å². The van der Waals surface area contributed by atoms with Crippen LogP contribution in [0.15, 0.2) is 36.7 Å². The Morgan fingerprint density at radius 3 is 2.96 bits per heavy atom. The number of aromatic nitrogens is 3. The van der Waals surface area contributed by atoms with Gasteiger partial charge in [0, 0.05) is 29.9 Å². The third-order valence-corrected chi connectivity index (χ3v) is 3.57. The van der Waals surface area contributed by atoms with Crippen molar-refractivity contribution in [2.24, 2.45) is 0 Å². The van der Waals surface area contributed by atoms with Crippen molar-refractivity contribution in [2.45, 2.75) is 0 Å². The lowest BCUT2D eigenvalue weighted by Gasteiger charge is -2.06. The Bertz CT molecular complexity index is 880. The summed E-state index contributed by atoms with van der Waals surface area (Å²) in [5.41, 5.74) is 2.08. The van der Waals surface area contributed by atoms with E-state index in [0.29, 0.717) is 36.8 Å². The van der Waals surface area contributed by atoms with Crippen molar-refractivity contribution in [1.82, 2.24) is 15.0 Å². The van der Waals surface area contributed by atoms with E-state index in [1.54, 1.807) is 12.1 Å². The smallest absolute Gasteiger partial charge is 0.270 e. The molecule has 0 saturated heterocycles. The van der Waals surface area contributed by atoms with Crippen LogP contribution in [0.25, 0.3) is 22.3 Å². The van der Waals surface area contributed by atoms with Crippen molar-refractivity contribution >= 4 is 22.5 Å². The summed E-state index contributed by atoms with van der Waals surface area (Å²) in [6, 6.07) is 8.24. The second-order valence-electron chi connectivity index (χ2n) is 5.24. The maximum atomic E-state index is 10.9. The molecule has 2 heterocycles. The Kier molecular flexibility index (Phi) is 5.17. The van der Waals surface area contributed by atoms with Crippen molar-refractivity contribution < 1.29 is 14.8 Å². The highest BCUT2D eigenvalue weighted by Crippen LogP contribution is 2.28. The first kappa shape index (κ1) is 16.8. The molecule has 3 N–H and O–H groups in total. The summed E-state index contributed by atoms with van der Waals surface area (Å²) in [5, 5.41) is 23.6. The molecule has 0 fully saturated rings. The van der Waals surface area contributed by atoms with E-state index in [-0.39, 0.29) is 12.3 Å². The van der Waals surface area contributed by atoms with Gasteiger partial charge >= 0.3 is 0 Å². The summed E-state index contributed by atoms with van der Waals surface area (Å²) in [5.74, 6) is 0.644. The number of nitro benzene ring substituents is 1. The molecule has 0 aliphatic rings. The summed E-state index contributed by atoms with van der Waals surface area (Å²) in [4.78, 5) is 22.1. The average Bonchev–Trinajstić information content (AvgIpc) is 3.07. The molecule has 25 heavy (non-hydrogen) atoms. The second-order valence-corrected chi connectivity index (χ2v) is 5.24. The number of nitrogens with zero attached hydrogens (tertiary/aromatic N) is 3. The highest BCUT2D eigenvalue weighted by Gasteiger charge is 2.12. The number of rotatable bonds is 8. The minimum atomic E-state index is -0.425. The molecular weight excluding hydrogens is 326 g/mol. The number of aliphatic hydroxyl groups is 1. The number of ether oxygens (including phenoxy) is 1. The minimum absolute atomic E-state index is 0.0118. The number of anilines is 1. The van der Waals surface area contributed by atoms with Gasteiger partial charge in [-0.2, -0.15) is 0 Å². The fraction of sp³-hybridized carbons (Fsp3) is 0.250. The van der Waals surface area contributed by atoms with E-state index in [0.717, 1.165) is 11.1 Å². The Labute approximate surface area is 142 Å². The number of fused-ring (bicyclic) bond motifs is 1. The highest BCUT2D eigenvalue weighted by molar-refractivity contribution is 5.91. The van der Waals surface area contributed by atoms with Crippen molar-refractivity contribution in [1.29, 1.82) is 0 Å². The van der Waals surface area contributed by atoms with Crippen LogP contribution >= 0.6 is 0 Å². The van der Waals surface area contributed by atoms with Crippen LogP contribution in [0.2, 0.25) is 0 Å². The van der Waals surface area contributed by atoms with Gasteiger partial charge in [0.2, 0.25) is 0 Å². The van der Waals surface area contributed by atoms with E-state index in [9.17, 15) is 10.1 Å². The van der Waals surface area contributed by atoms with Crippen molar-refractivity contribution in [3.8, 4) is 11.3 Å². The van der Waals surface area contributed by atoms with Crippen LogP contribution in [0.3, 0.4) is 0 Å². The molecular formula is C16H17N5O4. The summed E-state index contributed by atoms with van der Waals surface area (Å²) in [7, 11) is 0. The predicted octanol–water partition coefficient (Wildman–Crippen LogP) is 1.95. The van der Waals surface area contributed by atoms with Gasteiger partial charge in [0.05, 0.1) is 30.1 Å². The Hall–Kier alpha value is -3.04. The third-order valence-electron chi connectivity index (χ3n) is 3.57. The maximum Gasteiger partial charge on any atom is 0.270 e. The van der Waals surface area contributed by atoms with E-state index in [2.05, 4.69) is 20.3 Å². The molecule has 1 aromatic carbocycles. The molecule has 0 radical (unpaired) electrons. The predicted molar refractivity (Wildman–Crippen MR) is 92.4 cm³/mol. The molecule has 9 heteroatoms. The molecule has 0 atom stereocenters. The molecule has 2 aromatic heterocycles. The van der Waals surface area contributed by atoms with Crippen molar-refractivity contribution in [2.75, 3.05) is 31.7 Å². The SMILES string of the molecule is O=[N+]([O-])c1cccc(-c2cc3c(NCCOCCO)ncnc3[nH]2)c1. The Balaban J connectivity index is 1.83.